The number of hydrogen-bond donors (Lipinski definition) is 0. The van der Waals surface area contributed by atoms with Crippen LogP contribution >= 0.6 is 0 Å². The minimum atomic E-state index is -0.880. The van der Waals surface area contributed by atoms with Crippen LogP contribution < -0.4 is 9.47 Å². The van der Waals surface area contributed by atoms with Crippen molar-refractivity contribution in [1.29, 1.82) is 0 Å². The molecule has 0 spiro atoms. The number of fused-ring (bicyclic) bond motifs is 1. The number of benzene rings is 2. The lowest BCUT2D eigenvalue weighted by Gasteiger charge is -2.17. The molecule has 2 aromatic carbocycles. The number of ether oxygens (including phenoxy) is 7. The van der Waals surface area contributed by atoms with Crippen LogP contribution in [-0.2, 0) is 28.5 Å². The van der Waals surface area contributed by atoms with Crippen molar-refractivity contribution in [1.82, 2.24) is 0 Å². The van der Waals surface area contributed by atoms with E-state index in [1.54, 1.807) is 0 Å². The Morgan fingerprint density at radius 3 is 1.81 bits per heavy atom. The number of rotatable bonds is 6. The zero-order valence-corrected chi connectivity index (χ0v) is 18.9. The molecule has 0 amide bonds. The number of carbonyl (C=O) groups excluding carboxylic acids is 4. The molecule has 0 bridgehead atoms. The van der Waals surface area contributed by atoms with E-state index in [0.29, 0.717) is 0 Å². The summed E-state index contributed by atoms with van der Waals surface area (Å²) in [7, 11) is 1.18. The number of esters is 3. The highest BCUT2D eigenvalue weighted by Gasteiger charge is 2.51. The van der Waals surface area contributed by atoms with Crippen LogP contribution in [0.5, 0.6) is 11.5 Å². The predicted molar refractivity (Wildman–Crippen MR) is 118 cm³/mol. The van der Waals surface area contributed by atoms with Gasteiger partial charge in [-0.05, 0) is 48.5 Å². The van der Waals surface area contributed by atoms with Crippen LogP contribution in [0.3, 0.4) is 0 Å². The molecule has 2 unspecified atom stereocenters. The summed E-state index contributed by atoms with van der Waals surface area (Å²) in [6, 6.07) is 11.4. The van der Waals surface area contributed by atoms with Crippen molar-refractivity contribution in [2.45, 2.75) is 24.4 Å². The number of methoxy groups -OCH3 is 1. The number of terminal acetylenes is 1. The van der Waals surface area contributed by atoms with Crippen LogP contribution in [0.15, 0.2) is 48.5 Å². The summed E-state index contributed by atoms with van der Waals surface area (Å²) < 4.78 is 36.3. The fourth-order valence-corrected chi connectivity index (χ4v) is 3.63. The Bertz CT molecular complexity index is 1180. The summed E-state index contributed by atoms with van der Waals surface area (Å²) in [6.45, 7) is 0.155. The lowest BCUT2D eigenvalue weighted by atomic mass is 10.1. The molecule has 0 saturated carbocycles. The SMILES string of the molecule is C#CC(=O)O[C@H]1COC2C1OC[C@@H]2OC(=O)c1ccc(OC(=O)c2ccc(OC(=O)OC)cc2)cc1. The van der Waals surface area contributed by atoms with E-state index in [0.717, 1.165) is 0 Å². The van der Waals surface area contributed by atoms with Crippen molar-refractivity contribution in [3.8, 4) is 23.8 Å². The third-order valence-electron chi connectivity index (χ3n) is 5.36. The van der Waals surface area contributed by atoms with Crippen LogP contribution in [-0.4, -0.2) is 68.8 Å². The summed E-state index contributed by atoms with van der Waals surface area (Å²) in [5.41, 5.74) is 0.435. The van der Waals surface area contributed by atoms with Gasteiger partial charge in [0, 0.05) is 5.92 Å². The second kappa shape index (κ2) is 10.9. The molecule has 4 atom stereocenters. The maximum absolute atomic E-state index is 12.6. The van der Waals surface area contributed by atoms with E-state index in [-0.39, 0.29) is 35.8 Å². The molecule has 2 saturated heterocycles. The molecule has 2 aromatic rings. The highest BCUT2D eigenvalue weighted by Crippen LogP contribution is 2.31. The Hall–Kier alpha value is -4.40. The Labute approximate surface area is 205 Å². The molecule has 2 aliphatic heterocycles. The summed E-state index contributed by atoms with van der Waals surface area (Å²) >= 11 is 0. The molecule has 0 radical (unpaired) electrons. The van der Waals surface area contributed by atoms with Crippen LogP contribution in [0.25, 0.3) is 0 Å². The number of carbonyl (C=O) groups is 4. The molecule has 4 rings (SSSR count). The highest BCUT2D eigenvalue weighted by atomic mass is 16.7. The van der Waals surface area contributed by atoms with Gasteiger partial charge in [-0.2, -0.15) is 0 Å². The largest absolute Gasteiger partial charge is 0.513 e. The van der Waals surface area contributed by atoms with Gasteiger partial charge in [0.05, 0.1) is 31.5 Å². The third-order valence-corrected chi connectivity index (χ3v) is 5.36. The second-order valence-electron chi connectivity index (χ2n) is 7.62. The average Bonchev–Trinajstić information content (AvgIpc) is 3.47. The van der Waals surface area contributed by atoms with Crippen LogP contribution in [0.1, 0.15) is 20.7 Å². The van der Waals surface area contributed by atoms with E-state index in [1.165, 1.54) is 55.6 Å². The van der Waals surface area contributed by atoms with Crippen molar-refractivity contribution in [2.75, 3.05) is 20.3 Å². The second-order valence-corrected chi connectivity index (χ2v) is 7.62. The Morgan fingerprint density at radius 1 is 0.778 bits per heavy atom. The Morgan fingerprint density at radius 2 is 1.28 bits per heavy atom. The fraction of sp³-hybridized carbons (Fsp3) is 0.280. The van der Waals surface area contributed by atoms with Gasteiger partial charge in [0.15, 0.2) is 12.2 Å². The van der Waals surface area contributed by atoms with Crippen LogP contribution in [0.4, 0.5) is 4.79 Å². The molecule has 0 N–H and O–H groups in total. The number of hydrogen-bond acceptors (Lipinski definition) is 11. The van der Waals surface area contributed by atoms with Gasteiger partial charge < -0.3 is 33.2 Å². The van der Waals surface area contributed by atoms with Crippen molar-refractivity contribution in [3.63, 3.8) is 0 Å². The molecule has 0 aromatic heterocycles. The molecule has 2 heterocycles. The maximum atomic E-state index is 12.6. The summed E-state index contributed by atoms with van der Waals surface area (Å²) in [4.78, 5) is 47.4. The van der Waals surface area contributed by atoms with E-state index in [4.69, 9.17) is 34.8 Å². The van der Waals surface area contributed by atoms with Crippen molar-refractivity contribution >= 4 is 24.1 Å². The standard InChI is InChI=1S/C25H20O11/c1-3-20(26)35-18-12-31-22-19(13-32-21(18)22)36-24(28)15-4-8-16(9-5-15)33-23(27)14-6-10-17(11-7-14)34-25(29)30-2/h1,4-11,18-19,21-22H,12-13H2,2H3/t18-,19-,21?,22?/m0/s1. The van der Waals surface area contributed by atoms with Crippen molar-refractivity contribution in [3.05, 3.63) is 59.7 Å². The lowest BCUT2D eigenvalue weighted by molar-refractivity contribution is -0.146. The Balaban J connectivity index is 1.30. The zero-order chi connectivity index (χ0) is 25.7. The van der Waals surface area contributed by atoms with Crippen molar-refractivity contribution < 1.29 is 52.3 Å². The Kier molecular flexibility index (Phi) is 7.48. The monoisotopic (exact) mass is 496 g/mol. The van der Waals surface area contributed by atoms with E-state index in [1.807, 2.05) is 5.92 Å². The molecule has 2 aliphatic rings. The van der Waals surface area contributed by atoms with Crippen molar-refractivity contribution in [2.24, 2.45) is 0 Å². The molecule has 36 heavy (non-hydrogen) atoms. The van der Waals surface area contributed by atoms with Gasteiger partial charge in [0.25, 0.3) is 0 Å². The van der Waals surface area contributed by atoms with E-state index in [2.05, 4.69) is 4.74 Å². The molecule has 0 aliphatic carbocycles. The zero-order valence-electron chi connectivity index (χ0n) is 18.9. The van der Waals surface area contributed by atoms with Gasteiger partial charge in [-0.15, -0.1) is 6.42 Å². The van der Waals surface area contributed by atoms with E-state index >= 15 is 0 Å². The maximum Gasteiger partial charge on any atom is 0.513 e. The van der Waals surface area contributed by atoms with Gasteiger partial charge in [-0.3, -0.25) is 0 Å². The highest BCUT2D eigenvalue weighted by molar-refractivity contribution is 5.92. The first-order valence-electron chi connectivity index (χ1n) is 10.7. The summed E-state index contributed by atoms with van der Waals surface area (Å²) in [5, 5.41) is 0. The summed E-state index contributed by atoms with van der Waals surface area (Å²) in [5.74, 6) is 0.166. The molecule has 186 valence electrons. The van der Waals surface area contributed by atoms with Crippen LogP contribution in [0.2, 0.25) is 0 Å². The van der Waals surface area contributed by atoms with Gasteiger partial charge in [0.1, 0.15) is 23.7 Å². The minimum absolute atomic E-state index is 0.0737. The molecule has 11 heteroatoms. The minimum Gasteiger partial charge on any atom is -0.453 e. The smallest absolute Gasteiger partial charge is 0.453 e. The predicted octanol–water partition coefficient (Wildman–Crippen LogP) is 1.92. The van der Waals surface area contributed by atoms with Gasteiger partial charge in [0.2, 0.25) is 0 Å². The lowest BCUT2D eigenvalue weighted by Crippen LogP contribution is -2.35. The molecular formula is C25H20O11. The van der Waals surface area contributed by atoms with Gasteiger partial charge in [-0.25, -0.2) is 19.2 Å². The molecule has 11 nitrogen and oxygen atoms in total. The third kappa shape index (κ3) is 5.63. The first-order chi connectivity index (χ1) is 17.4. The molecule has 2 fully saturated rings. The van der Waals surface area contributed by atoms with E-state index < -0.39 is 48.5 Å². The first kappa shape index (κ1) is 24.7. The first-order valence-corrected chi connectivity index (χ1v) is 10.7. The van der Waals surface area contributed by atoms with Gasteiger partial charge in [-0.1, -0.05) is 0 Å². The van der Waals surface area contributed by atoms with Crippen LogP contribution in [0, 0.1) is 12.3 Å². The summed E-state index contributed by atoms with van der Waals surface area (Å²) in [6.07, 6.45) is 1.60. The normalized spacial score (nSPS) is 22.0. The fourth-order valence-electron chi connectivity index (χ4n) is 3.63. The quantitative estimate of drug-likeness (QED) is 0.145. The van der Waals surface area contributed by atoms with Gasteiger partial charge >= 0.3 is 24.1 Å². The molecular weight excluding hydrogens is 476 g/mol. The topological polar surface area (TPSA) is 133 Å². The average molecular weight is 496 g/mol. The van der Waals surface area contributed by atoms with E-state index in [9.17, 15) is 19.2 Å².